The lowest BCUT2D eigenvalue weighted by molar-refractivity contribution is -0.137. The van der Waals surface area contributed by atoms with Crippen LogP contribution in [0.4, 0.5) is 0 Å². The van der Waals surface area contributed by atoms with Gasteiger partial charge in [0, 0.05) is 6.42 Å². The maximum atomic E-state index is 11.0. The van der Waals surface area contributed by atoms with Crippen LogP contribution in [0.25, 0.3) is 0 Å². The minimum absolute atomic E-state index is 0.326. The highest BCUT2D eigenvalue weighted by atomic mass is 16.4. The maximum Gasteiger partial charge on any atom is 0.303 e. The molecule has 0 rings (SSSR count). The van der Waals surface area contributed by atoms with E-state index in [4.69, 9.17) is 5.11 Å². The Kier molecular flexibility index (Phi) is 50.1. The molecule has 0 aromatic rings. The van der Waals surface area contributed by atoms with Crippen LogP contribution in [0.15, 0.2) is 0 Å². The fraction of sp³-hybridized carbons (Fsp3) is 0.981. The van der Waals surface area contributed by atoms with Gasteiger partial charge in [-0.2, -0.15) is 0 Å². The molecule has 336 valence electrons. The average molecular weight is 790 g/mol. The van der Waals surface area contributed by atoms with Crippen LogP contribution in [-0.4, -0.2) is 35.6 Å². The van der Waals surface area contributed by atoms with E-state index in [1.165, 1.54) is 296 Å². The summed E-state index contributed by atoms with van der Waals surface area (Å²) in [5.41, 5.74) is 0. The minimum Gasteiger partial charge on any atom is -0.481 e. The lowest BCUT2D eigenvalue weighted by Crippen LogP contribution is -2.27. The van der Waals surface area contributed by atoms with Gasteiger partial charge in [-0.3, -0.25) is 4.79 Å². The van der Waals surface area contributed by atoms with Crippen molar-refractivity contribution in [3.63, 3.8) is 0 Å². The highest BCUT2D eigenvalue weighted by Crippen LogP contribution is 2.18. The van der Waals surface area contributed by atoms with E-state index in [1.807, 2.05) is 0 Å². The van der Waals surface area contributed by atoms with Crippen molar-refractivity contribution in [1.29, 1.82) is 0 Å². The van der Waals surface area contributed by atoms with Gasteiger partial charge in [-0.15, -0.1) is 0 Å². The summed E-state index contributed by atoms with van der Waals surface area (Å²) in [6.45, 7) is 8.13. The van der Waals surface area contributed by atoms with Gasteiger partial charge < -0.3 is 10.0 Å². The van der Waals surface area contributed by atoms with Crippen molar-refractivity contribution in [3.8, 4) is 0 Å². The van der Waals surface area contributed by atoms with E-state index < -0.39 is 5.97 Å². The summed E-state index contributed by atoms with van der Waals surface area (Å²) in [6.07, 6.45) is 65.5. The third-order valence-electron chi connectivity index (χ3n) is 12.8. The number of carbonyl (C=O) groups is 1. The second-order valence-corrected chi connectivity index (χ2v) is 18.5. The van der Waals surface area contributed by atoms with E-state index in [0.717, 1.165) is 19.4 Å². The lowest BCUT2D eigenvalue weighted by Gasteiger charge is -2.22. The quantitative estimate of drug-likeness (QED) is 0.0624. The molecule has 3 nitrogen and oxygen atoms in total. The zero-order chi connectivity index (χ0) is 40.5. The van der Waals surface area contributed by atoms with Gasteiger partial charge in [-0.1, -0.05) is 284 Å². The maximum absolute atomic E-state index is 11.0. The summed E-state index contributed by atoms with van der Waals surface area (Å²) in [6, 6.07) is 0. The van der Waals surface area contributed by atoms with Gasteiger partial charge in [0.25, 0.3) is 0 Å². The van der Waals surface area contributed by atoms with E-state index in [9.17, 15) is 4.79 Å². The molecule has 0 unspecified atom stereocenters. The normalized spacial score (nSPS) is 11.7. The Morgan fingerprint density at radius 2 is 0.429 bits per heavy atom. The molecule has 0 aliphatic heterocycles. The number of nitrogens with zero attached hydrogens (tertiary/aromatic N) is 1. The Morgan fingerprint density at radius 3 is 0.607 bits per heavy atom. The van der Waals surface area contributed by atoms with Gasteiger partial charge >= 0.3 is 5.97 Å². The van der Waals surface area contributed by atoms with E-state index in [0.29, 0.717) is 6.42 Å². The van der Waals surface area contributed by atoms with E-state index >= 15 is 0 Å². The molecule has 0 aliphatic rings. The number of hydrogen-bond acceptors (Lipinski definition) is 2. The van der Waals surface area contributed by atoms with E-state index in [1.54, 1.807) is 0 Å². The van der Waals surface area contributed by atoms with Gasteiger partial charge in [-0.05, 0) is 45.3 Å². The van der Waals surface area contributed by atoms with E-state index in [-0.39, 0.29) is 0 Å². The molecule has 0 aromatic carbocycles. The van der Waals surface area contributed by atoms with Crippen LogP contribution in [0.2, 0.25) is 0 Å². The van der Waals surface area contributed by atoms with Crippen LogP contribution in [0, 0.1) is 0 Å². The van der Waals surface area contributed by atoms with E-state index in [2.05, 4.69) is 18.7 Å². The third kappa shape index (κ3) is 49.6. The smallest absolute Gasteiger partial charge is 0.303 e. The summed E-state index contributed by atoms with van der Waals surface area (Å²) < 4.78 is 0. The Hall–Kier alpha value is -0.570. The predicted octanol–water partition coefficient (Wildman–Crippen LogP) is 18.7. The first kappa shape index (κ1) is 55.4. The molecule has 0 spiro atoms. The van der Waals surface area contributed by atoms with Crippen molar-refractivity contribution < 1.29 is 9.90 Å². The number of hydrogen-bond donors (Lipinski definition) is 1. The number of carboxylic acid groups (broad SMARTS) is 1. The Morgan fingerprint density at radius 1 is 0.268 bits per heavy atom. The largest absolute Gasteiger partial charge is 0.481 e. The third-order valence-corrected chi connectivity index (χ3v) is 12.8. The molecule has 0 bridgehead atoms. The molecule has 0 fully saturated rings. The molecule has 0 atom stereocenters. The van der Waals surface area contributed by atoms with Crippen molar-refractivity contribution in [2.75, 3.05) is 19.6 Å². The Labute approximate surface area is 354 Å². The van der Waals surface area contributed by atoms with Crippen molar-refractivity contribution in [2.24, 2.45) is 0 Å². The predicted molar refractivity (Wildman–Crippen MR) is 252 cm³/mol. The summed E-state index contributed by atoms with van der Waals surface area (Å²) in [4.78, 5) is 13.6. The summed E-state index contributed by atoms with van der Waals surface area (Å²) in [5, 5.41) is 9.05. The second-order valence-electron chi connectivity index (χ2n) is 18.5. The van der Waals surface area contributed by atoms with Crippen LogP contribution in [0.5, 0.6) is 0 Å². The van der Waals surface area contributed by atoms with Crippen molar-refractivity contribution in [1.82, 2.24) is 4.90 Å². The summed E-state index contributed by atoms with van der Waals surface area (Å²) in [5.74, 6) is -0.643. The molecular formula is C53H107NO2. The zero-order valence-electron chi connectivity index (χ0n) is 39.2. The van der Waals surface area contributed by atoms with Crippen LogP contribution < -0.4 is 0 Å². The monoisotopic (exact) mass is 790 g/mol. The molecule has 0 heterocycles. The highest BCUT2D eigenvalue weighted by Gasteiger charge is 2.06. The fourth-order valence-corrected chi connectivity index (χ4v) is 8.84. The first-order valence-electron chi connectivity index (χ1n) is 26.6. The SMILES string of the molecule is CCCCCCCCCCCCCCCCCCCCCCCCN(CCCCCCCCCCCCCCCCCCCCCCCC)CCCCC(=O)O. The number of aliphatic carboxylic acids is 1. The van der Waals surface area contributed by atoms with Crippen molar-refractivity contribution in [2.45, 2.75) is 316 Å². The van der Waals surface area contributed by atoms with Gasteiger partial charge in [0.2, 0.25) is 0 Å². The molecular weight excluding hydrogens is 683 g/mol. The van der Waals surface area contributed by atoms with Crippen LogP contribution in [0.3, 0.4) is 0 Å². The first-order valence-corrected chi connectivity index (χ1v) is 26.6. The Balaban J connectivity index is 3.59. The Bertz CT molecular complexity index is 662. The van der Waals surface area contributed by atoms with Crippen molar-refractivity contribution >= 4 is 5.97 Å². The lowest BCUT2D eigenvalue weighted by atomic mass is 10.0. The number of unbranched alkanes of at least 4 members (excludes halogenated alkanes) is 43. The molecule has 0 aromatic heterocycles. The summed E-state index contributed by atoms with van der Waals surface area (Å²) >= 11 is 0. The topological polar surface area (TPSA) is 40.5 Å². The van der Waals surface area contributed by atoms with Crippen LogP contribution >= 0.6 is 0 Å². The number of carboxylic acids is 1. The van der Waals surface area contributed by atoms with Crippen LogP contribution in [0.1, 0.15) is 316 Å². The fourth-order valence-electron chi connectivity index (χ4n) is 8.84. The van der Waals surface area contributed by atoms with Gasteiger partial charge in [0.05, 0.1) is 0 Å². The van der Waals surface area contributed by atoms with Crippen molar-refractivity contribution in [3.05, 3.63) is 0 Å². The van der Waals surface area contributed by atoms with Gasteiger partial charge in [0.15, 0.2) is 0 Å². The van der Waals surface area contributed by atoms with Crippen LogP contribution in [-0.2, 0) is 4.79 Å². The molecule has 0 saturated heterocycles. The average Bonchev–Trinajstić information content (AvgIpc) is 3.19. The van der Waals surface area contributed by atoms with Gasteiger partial charge in [0.1, 0.15) is 0 Å². The molecule has 0 radical (unpaired) electrons. The highest BCUT2D eigenvalue weighted by molar-refractivity contribution is 5.66. The zero-order valence-corrected chi connectivity index (χ0v) is 39.2. The standard InChI is InChI=1S/C53H107NO2/c1-3-5-7-9-11-13-15-17-19-21-23-25-27-29-31-33-35-37-39-41-43-46-50-54(52-48-45-49-53(55)56)51-47-44-42-40-38-36-34-32-30-28-26-24-22-20-18-16-14-12-10-8-6-4-2/h3-52H2,1-2H3,(H,55,56). The summed E-state index contributed by atoms with van der Waals surface area (Å²) in [7, 11) is 0. The molecule has 0 amide bonds. The molecule has 56 heavy (non-hydrogen) atoms. The first-order chi connectivity index (χ1) is 27.7. The second kappa shape index (κ2) is 50.6. The minimum atomic E-state index is -0.643. The molecule has 0 aliphatic carbocycles. The van der Waals surface area contributed by atoms with Gasteiger partial charge in [-0.25, -0.2) is 0 Å². The molecule has 1 N–H and O–H groups in total. The number of rotatable bonds is 51. The molecule has 3 heteroatoms. The molecule has 0 saturated carbocycles.